The Balaban J connectivity index is 2.18. The summed E-state index contributed by atoms with van der Waals surface area (Å²) in [6, 6.07) is 4.68. The van der Waals surface area contributed by atoms with E-state index in [1.54, 1.807) is 6.07 Å². The van der Waals surface area contributed by atoms with Crippen LogP contribution < -0.4 is 10.5 Å². The Kier molecular flexibility index (Phi) is 4.82. The van der Waals surface area contributed by atoms with Gasteiger partial charge in [-0.3, -0.25) is 4.72 Å². The average Bonchev–Trinajstić information content (AvgIpc) is 2.41. The van der Waals surface area contributed by atoms with Crippen LogP contribution in [-0.4, -0.2) is 44.0 Å². The van der Waals surface area contributed by atoms with E-state index in [1.807, 2.05) is 0 Å². The van der Waals surface area contributed by atoms with Crippen LogP contribution in [0.4, 0.5) is 5.69 Å². The molecule has 0 unspecified atom stereocenters. The molecule has 1 saturated heterocycles. The highest BCUT2D eigenvalue weighted by Gasteiger charge is 2.24. The van der Waals surface area contributed by atoms with Crippen LogP contribution in [-0.2, 0) is 14.9 Å². The van der Waals surface area contributed by atoms with E-state index in [4.69, 9.17) is 34.3 Å². The molecule has 1 aliphatic rings. The molecular formula is C11H14ClN3O3S2. The first kappa shape index (κ1) is 15.5. The zero-order valence-electron chi connectivity index (χ0n) is 10.5. The van der Waals surface area contributed by atoms with Gasteiger partial charge in [0, 0.05) is 18.7 Å². The average molecular weight is 336 g/mol. The van der Waals surface area contributed by atoms with Crippen molar-refractivity contribution in [3.05, 3.63) is 28.8 Å². The fourth-order valence-electron chi connectivity index (χ4n) is 1.74. The van der Waals surface area contributed by atoms with Gasteiger partial charge in [0.1, 0.15) is 4.99 Å². The first-order valence-corrected chi connectivity index (χ1v) is 8.08. The summed E-state index contributed by atoms with van der Waals surface area (Å²) >= 11 is 10.9. The Morgan fingerprint density at radius 1 is 1.40 bits per heavy atom. The predicted octanol–water partition coefficient (Wildman–Crippen LogP) is 0.963. The predicted molar refractivity (Wildman–Crippen MR) is 82.3 cm³/mol. The minimum Gasteiger partial charge on any atom is -0.389 e. The number of halogens is 1. The second kappa shape index (κ2) is 6.23. The van der Waals surface area contributed by atoms with E-state index in [2.05, 4.69) is 4.72 Å². The molecule has 1 heterocycles. The number of nitrogens with one attached hydrogen (secondary N) is 1. The smallest absolute Gasteiger partial charge is 0.301 e. The topological polar surface area (TPSA) is 84.7 Å². The summed E-state index contributed by atoms with van der Waals surface area (Å²) in [5.74, 6) is 0. The van der Waals surface area contributed by atoms with Gasteiger partial charge in [-0.1, -0.05) is 23.8 Å². The third kappa shape index (κ3) is 3.58. The Hall–Kier alpha value is -0.930. The summed E-state index contributed by atoms with van der Waals surface area (Å²) in [5, 5.41) is 0.243. The number of nitrogens with two attached hydrogens (primary N) is 1. The molecule has 1 aromatic rings. The number of hydrogen-bond donors (Lipinski definition) is 2. The molecule has 0 spiro atoms. The molecule has 0 bridgehead atoms. The monoisotopic (exact) mass is 335 g/mol. The van der Waals surface area contributed by atoms with Gasteiger partial charge in [0.25, 0.3) is 0 Å². The quantitative estimate of drug-likeness (QED) is 0.801. The third-order valence-corrected chi connectivity index (χ3v) is 4.87. The maximum atomic E-state index is 12.2. The number of nitrogens with zero attached hydrogens (tertiary/aromatic N) is 1. The molecule has 6 nitrogen and oxygen atoms in total. The van der Waals surface area contributed by atoms with Crippen molar-refractivity contribution in [2.75, 3.05) is 31.0 Å². The minimum absolute atomic E-state index is 0.203. The van der Waals surface area contributed by atoms with Crippen LogP contribution in [0.3, 0.4) is 0 Å². The molecule has 20 heavy (non-hydrogen) atoms. The second-order valence-electron chi connectivity index (χ2n) is 4.18. The summed E-state index contributed by atoms with van der Waals surface area (Å²) in [5.41, 5.74) is 6.36. The van der Waals surface area contributed by atoms with E-state index in [0.717, 1.165) is 0 Å². The van der Waals surface area contributed by atoms with Crippen molar-refractivity contribution < 1.29 is 13.2 Å². The number of thiocarbonyl (C=S) groups is 1. The highest BCUT2D eigenvalue weighted by Crippen LogP contribution is 2.25. The number of ether oxygens (including phenoxy) is 1. The molecule has 2 rings (SSSR count). The molecule has 110 valence electrons. The zero-order chi connectivity index (χ0) is 14.8. The molecule has 1 aromatic carbocycles. The molecule has 0 atom stereocenters. The zero-order valence-corrected chi connectivity index (χ0v) is 12.9. The Bertz CT molecular complexity index is 615. The van der Waals surface area contributed by atoms with E-state index >= 15 is 0 Å². The van der Waals surface area contributed by atoms with E-state index in [9.17, 15) is 8.42 Å². The first-order chi connectivity index (χ1) is 9.40. The van der Waals surface area contributed by atoms with Gasteiger partial charge in [-0.2, -0.15) is 12.7 Å². The van der Waals surface area contributed by atoms with Crippen molar-refractivity contribution >= 4 is 44.7 Å². The van der Waals surface area contributed by atoms with Crippen molar-refractivity contribution in [2.24, 2.45) is 5.73 Å². The largest absolute Gasteiger partial charge is 0.389 e. The fraction of sp³-hybridized carbons (Fsp3) is 0.364. The maximum absolute atomic E-state index is 12.2. The molecule has 0 amide bonds. The molecule has 3 N–H and O–H groups in total. The third-order valence-electron chi connectivity index (χ3n) is 2.80. The van der Waals surface area contributed by atoms with E-state index in [1.165, 1.54) is 16.4 Å². The van der Waals surface area contributed by atoms with Gasteiger partial charge in [-0.15, -0.1) is 0 Å². The van der Waals surface area contributed by atoms with Gasteiger partial charge >= 0.3 is 10.2 Å². The first-order valence-electron chi connectivity index (χ1n) is 5.85. The van der Waals surface area contributed by atoms with Gasteiger partial charge in [-0.25, -0.2) is 0 Å². The van der Waals surface area contributed by atoms with E-state index in [-0.39, 0.29) is 15.7 Å². The maximum Gasteiger partial charge on any atom is 0.301 e. The molecular weight excluding hydrogens is 322 g/mol. The fourth-order valence-corrected chi connectivity index (χ4v) is 3.37. The number of morpholine rings is 1. The molecule has 0 aliphatic carbocycles. The van der Waals surface area contributed by atoms with Crippen LogP contribution in [0, 0.1) is 0 Å². The van der Waals surface area contributed by atoms with E-state index in [0.29, 0.717) is 31.9 Å². The van der Waals surface area contributed by atoms with Gasteiger partial charge < -0.3 is 10.5 Å². The lowest BCUT2D eigenvalue weighted by atomic mass is 10.2. The van der Waals surface area contributed by atoms with Crippen LogP contribution in [0.1, 0.15) is 5.56 Å². The molecule has 1 fully saturated rings. The highest BCUT2D eigenvalue weighted by atomic mass is 35.5. The van der Waals surface area contributed by atoms with Gasteiger partial charge in [0.2, 0.25) is 0 Å². The minimum atomic E-state index is -3.64. The van der Waals surface area contributed by atoms with Gasteiger partial charge in [0.15, 0.2) is 0 Å². The standard InChI is InChI=1S/C11H14ClN3O3S2/c12-9-7-8(11(13)19)1-2-10(9)14-20(16,17)15-3-5-18-6-4-15/h1-2,7,14H,3-6H2,(H2,13,19). The van der Waals surface area contributed by atoms with Crippen molar-refractivity contribution in [3.63, 3.8) is 0 Å². The summed E-state index contributed by atoms with van der Waals surface area (Å²) in [4.78, 5) is 0.203. The summed E-state index contributed by atoms with van der Waals surface area (Å²) < 4.78 is 33.2. The molecule has 0 radical (unpaired) electrons. The van der Waals surface area contributed by atoms with Gasteiger partial charge in [0.05, 0.1) is 23.9 Å². The lowest BCUT2D eigenvalue weighted by Gasteiger charge is -2.26. The SMILES string of the molecule is NC(=S)c1ccc(NS(=O)(=O)N2CCOCC2)c(Cl)c1. The number of rotatable bonds is 4. The summed E-state index contributed by atoms with van der Waals surface area (Å²) in [6.45, 7) is 1.40. The summed E-state index contributed by atoms with van der Waals surface area (Å²) in [7, 11) is -3.64. The van der Waals surface area contributed by atoms with Gasteiger partial charge in [-0.05, 0) is 18.2 Å². The molecule has 9 heteroatoms. The van der Waals surface area contributed by atoms with Crippen LogP contribution >= 0.6 is 23.8 Å². The number of benzene rings is 1. The van der Waals surface area contributed by atoms with Crippen molar-refractivity contribution in [2.45, 2.75) is 0 Å². The number of hydrogen-bond acceptors (Lipinski definition) is 4. The lowest BCUT2D eigenvalue weighted by molar-refractivity contribution is 0.0733. The van der Waals surface area contributed by atoms with Crippen LogP contribution in [0.5, 0.6) is 0 Å². The second-order valence-corrected chi connectivity index (χ2v) is 6.70. The lowest BCUT2D eigenvalue weighted by Crippen LogP contribution is -2.43. The normalized spacial score (nSPS) is 16.9. The molecule has 0 saturated carbocycles. The molecule has 0 aromatic heterocycles. The van der Waals surface area contributed by atoms with Crippen LogP contribution in [0.25, 0.3) is 0 Å². The van der Waals surface area contributed by atoms with Crippen LogP contribution in [0.2, 0.25) is 5.02 Å². The van der Waals surface area contributed by atoms with Crippen molar-refractivity contribution in [1.29, 1.82) is 0 Å². The highest BCUT2D eigenvalue weighted by molar-refractivity contribution is 7.90. The van der Waals surface area contributed by atoms with Crippen molar-refractivity contribution in [1.82, 2.24) is 4.31 Å². The Morgan fingerprint density at radius 3 is 2.60 bits per heavy atom. The van der Waals surface area contributed by atoms with E-state index < -0.39 is 10.2 Å². The van der Waals surface area contributed by atoms with Crippen LogP contribution in [0.15, 0.2) is 18.2 Å². The van der Waals surface area contributed by atoms with Crippen molar-refractivity contribution in [3.8, 4) is 0 Å². The summed E-state index contributed by atoms with van der Waals surface area (Å²) in [6.07, 6.45) is 0. The molecule has 1 aliphatic heterocycles. The Morgan fingerprint density at radius 2 is 2.05 bits per heavy atom. The number of anilines is 1. The Labute approximate surface area is 128 Å².